The third-order valence-electron chi connectivity index (χ3n) is 3.91. The summed E-state index contributed by atoms with van der Waals surface area (Å²) in [6, 6.07) is 10.7. The molecule has 1 fully saturated rings. The molecule has 3 heteroatoms. The molecule has 0 unspecified atom stereocenters. The molecular formula is C16H27N3. The smallest absolute Gasteiger partial charge is 0.0230 e. The van der Waals surface area contributed by atoms with Crippen molar-refractivity contribution >= 4 is 0 Å². The molecule has 0 bridgehead atoms. The van der Waals surface area contributed by atoms with Gasteiger partial charge in [0.2, 0.25) is 0 Å². The van der Waals surface area contributed by atoms with Crippen LogP contribution in [0.4, 0.5) is 0 Å². The van der Waals surface area contributed by atoms with Gasteiger partial charge in [0.25, 0.3) is 0 Å². The van der Waals surface area contributed by atoms with Crippen LogP contribution in [0.5, 0.6) is 0 Å². The Hall–Kier alpha value is -0.900. The predicted octanol–water partition coefficient (Wildman–Crippen LogP) is 1.79. The fourth-order valence-corrected chi connectivity index (χ4v) is 3.09. The summed E-state index contributed by atoms with van der Waals surface area (Å²) in [5, 5.41) is 0. The number of piperidine rings is 1. The quantitative estimate of drug-likeness (QED) is 0.847. The first kappa shape index (κ1) is 14.5. The second-order valence-electron chi connectivity index (χ2n) is 5.78. The maximum Gasteiger partial charge on any atom is 0.0230 e. The fraction of sp³-hybridized carbons (Fsp3) is 0.625. The molecule has 0 spiro atoms. The van der Waals surface area contributed by atoms with Gasteiger partial charge in [0.1, 0.15) is 0 Å². The molecule has 1 aliphatic rings. The van der Waals surface area contributed by atoms with E-state index >= 15 is 0 Å². The van der Waals surface area contributed by atoms with Gasteiger partial charge >= 0.3 is 0 Å². The molecule has 0 aromatic heterocycles. The summed E-state index contributed by atoms with van der Waals surface area (Å²) in [7, 11) is 2.23. The number of rotatable bonds is 6. The molecule has 0 saturated carbocycles. The summed E-state index contributed by atoms with van der Waals surface area (Å²) >= 11 is 0. The van der Waals surface area contributed by atoms with Crippen molar-refractivity contribution in [3.8, 4) is 0 Å². The summed E-state index contributed by atoms with van der Waals surface area (Å²) < 4.78 is 0. The Kier molecular flexibility index (Phi) is 5.83. The number of hydrogen-bond donors (Lipinski definition) is 1. The van der Waals surface area contributed by atoms with E-state index in [1.54, 1.807) is 0 Å². The highest BCUT2D eigenvalue weighted by atomic mass is 15.2. The van der Waals surface area contributed by atoms with Crippen molar-refractivity contribution in [2.45, 2.75) is 19.4 Å². The van der Waals surface area contributed by atoms with E-state index in [4.69, 9.17) is 5.73 Å². The minimum Gasteiger partial charge on any atom is -0.329 e. The molecule has 1 heterocycles. The van der Waals surface area contributed by atoms with Gasteiger partial charge in [0.15, 0.2) is 0 Å². The third kappa shape index (κ3) is 4.94. The molecule has 1 aliphatic heterocycles. The molecule has 106 valence electrons. The Labute approximate surface area is 117 Å². The summed E-state index contributed by atoms with van der Waals surface area (Å²) in [6.45, 7) is 6.53. The molecular weight excluding hydrogens is 234 g/mol. The number of likely N-dealkylation sites (tertiary alicyclic amines) is 1. The van der Waals surface area contributed by atoms with E-state index in [0.717, 1.165) is 25.6 Å². The first-order valence-electron chi connectivity index (χ1n) is 7.43. The average molecular weight is 261 g/mol. The molecule has 0 amide bonds. The normalized spacial score (nSPS) is 20.9. The van der Waals surface area contributed by atoms with Crippen LogP contribution < -0.4 is 5.73 Å². The first-order chi connectivity index (χ1) is 9.28. The molecule has 0 aliphatic carbocycles. The van der Waals surface area contributed by atoms with Crippen LogP contribution in [-0.2, 0) is 6.54 Å². The van der Waals surface area contributed by atoms with E-state index in [1.165, 1.54) is 38.0 Å². The molecule has 1 saturated heterocycles. The van der Waals surface area contributed by atoms with Crippen molar-refractivity contribution in [1.29, 1.82) is 0 Å². The van der Waals surface area contributed by atoms with Gasteiger partial charge in [-0.1, -0.05) is 30.3 Å². The highest BCUT2D eigenvalue weighted by Crippen LogP contribution is 2.17. The number of nitrogens with zero attached hydrogens (tertiary/aromatic N) is 2. The van der Waals surface area contributed by atoms with E-state index < -0.39 is 0 Å². The van der Waals surface area contributed by atoms with Crippen LogP contribution >= 0.6 is 0 Å². The lowest BCUT2D eigenvalue weighted by Crippen LogP contribution is -2.41. The molecule has 3 nitrogen and oxygen atoms in total. The lowest BCUT2D eigenvalue weighted by atomic mass is 9.97. The average Bonchev–Trinajstić information content (AvgIpc) is 2.40. The third-order valence-corrected chi connectivity index (χ3v) is 3.91. The van der Waals surface area contributed by atoms with Crippen LogP contribution in [0.2, 0.25) is 0 Å². The summed E-state index contributed by atoms with van der Waals surface area (Å²) in [4.78, 5) is 4.97. The molecule has 2 rings (SSSR count). The molecule has 2 N–H and O–H groups in total. The van der Waals surface area contributed by atoms with Gasteiger partial charge < -0.3 is 15.5 Å². The largest absolute Gasteiger partial charge is 0.329 e. The van der Waals surface area contributed by atoms with Crippen molar-refractivity contribution in [2.24, 2.45) is 11.7 Å². The van der Waals surface area contributed by atoms with Gasteiger partial charge in [0, 0.05) is 32.7 Å². The standard InChI is InChI=1S/C16H27N3/c1-18(12-15-6-3-2-4-7-15)13-16-8-5-10-19(14-16)11-9-17/h2-4,6-7,16H,5,8-14,17H2,1H3/t16-/m0/s1. The Bertz CT molecular complexity index is 350. The van der Waals surface area contributed by atoms with E-state index in [-0.39, 0.29) is 0 Å². The van der Waals surface area contributed by atoms with Crippen LogP contribution in [0.25, 0.3) is 0 Å². The van der Waals surface area contributed by atoms with Gasteiger partial charge in [-0.05, 0) is 37.9 Å². The monoisotopic (exact) mass is 261 g/mol. The molecule has 0 radical (unpaired) electrons. The Morgan fingerprint density at radius 3 is 2.84 bits per heavy atom. The van der Waals surface area contributed by atoms with Crippen molar-refractivity contribution < 1.29 is 0 Å². The molecule has 1 atom stereocenters. The van der Waals surface area contributed by atoms with Crippen molar-refractivity contribution in [3.05, 3.63) is 35.9 Å². The van der Waals surface area contributed by atoms with Crippen molar-refractivity contribution in [2.75, 3.05) is 39.8 Å². The van der Waals surface area contributed by atoms with Crippen molar-refractivity contribution in [3.63, 3.8) is 0 Å². The minimum absolute atomic E-state index is 0.784. The zero-order valence-electron chi connectivity index (χ0n) is 12.1. The van der Waals surface area contributed by atoms with Gasteiger partial charge in [-0.15, -0.1) is 0 Å². The second kappa shape index (κ2) is 7.63. The van der Waals surface area contributed by atoms with Gasteiger partial charge in [-0.3, -0.25) is 0 Å². The van der Waals surface area contributed by atoms with Crippen LogP contribution in [-0.4, -0.2) is 49.6 Å². The topological polar surface area (TPSA) is 32.5 Å². The molecule has 19 heavy (non-hydrogen) atoms. The van der Waals surface area contributed by atoms with Crippen LogP contribution in [0, 0.1) is 5.92 Å². The van der Waals surface area contributed by atoms with E-state index in [1.807, 2.05) is 0 Å². The maximum atomic E-state index is 5.66. The number of benzene rings is 1. The SMILES string of the molecule is CN(Cc1ccccc1)C[C@@H]1CCCN(CCN)C1. The summed E-state index contributed by atoms with van der Waals surface area (Å²) in [5.41, 5.74) is 7.06. The number of nitrogens with two attached hydrogens (primary N) is 1. The fourth-order valence-electron chi connectivity index (χ4n) is 3.09. The van der Waals surface area contributed by atoms with Crippen LogP contribution in [0.1, 0.15) is 18.4 Å². The van der Waals surface area contributed by atoms with Gasteiger partial charge in [-0.2, -0.15) is 0 Å². The Balaban J connectivity index is 1.77. The molecule has 1 aromatic carbocycles. The Morgan fingerprint density at radius 1 is 1.32 bits per heavy atom. The second-order valence-corrected chi connectivity index (χ2v) is 5.78. The Morgan fingerprint density at radius 2 is 2.11 bits per heavy atom. The zero-order valence-corrected chi connectivity index (χ0v) is 12.1. The van der Waals surface area contributed by atoms with E-state index in [0.29, 0.717) is 0 Å². The highest BCUT2D eigenvalue weighted by Gasteiger charge is 2.20. The minimum atomic E-state index is 0.784. The first-order valence-corrected chi connectivity index (χ1v) is 7.43. The van der Waals surface area contributed by atoms with Gasteiger partial charge in [0.05, 0.1) is 0 Å². The lowest BCUT2D eigenvalue weighted by molar-refractivity contribution is 0.144. The highest BCUT2D eigenvalue weighted by molar-refractivity contribution is 5.14. The van der Waals surface area contributed by atoms with Gasteiger partial charge in [-0.25, -0.2) is 0 Å². The predicted molar refractivity (Wildman–Crippen MR) is 81.0 cm³/mol. The van der Waals surface area contributed by atoms with Crippen molar-refractivity contribution in [1.82, 2.24) is 9.80 Å². The van der Waals surface area contributed by atoms with E-state index in [2.05, 4.69) is 47.2 Å². The van der Waals surface area contributed by atoms with E-state index in [9.17, 15) is 0 Å². The maximum absolute atomic E-state index is 5.66. The van der Waals surface area contributed by atoms with Crippen LogP contribution in [0.3, 0.4) is 0 Å². The lowest BCUT2D eigenvalue weighted by Gasteiger charge is -2.34. The summed E-state index contributed by atoms with van der Waals surface area (Å²) in [6.07, 6.45) is 2.68. The summed E-state index contributed by atoms with van der Waals surface area (Å²) in [5.74, 6) is 0.800. The molecule has 1 aromatic rings. The number of hydrogen-bond acceptors (Lipinski definition) is 3. The van der Waals surface area contributed by atoms with Crippen LogP contribution in [0.15, 0.2) is 30.3 Å². The zero-order chi connectivity index (χ0) is 13.5.